The molecule has 1 heterocycles. The number of alkyl halides is 1. The summed E-state index contributed by atoms with van der Waals surface area (Å²) in [6.07, 6.45) is 0. The zero-order valence-electron chi connectivity index (χ0n) is 9.94. The Morgan fingerprint density at radius 1 is 1.56 bits per heavy atom. The first kappa shape index (κ1) is 13.2. The molecule has 18 heavy (non-hydrogen) atoms. The zero-order valence-corrected chi connectivity index (χ0v) is 11.5. The van der Waals surface area contributed by atoms with E-state index in [0.717, 1.165) is 17.1 Å². The molecule has 0 radical (unpaired) electrons. The van der Waals surface area contributed by atoms with Crippen LogP contribution in [0.3, 0.4) is 0 Å². The molecule has 2 rings (SSSR count). The van der Waals surface area contributed by atoms with Crippen molar-refractivity contribution in [2.24, 2.45) is 0 Å². The molecule has 1 N–H and O–H groups in total. The van der Waals surface area contributed by atoms with Crippen LogP contribution in [0.4, 0.5) is 0 Å². The molecule has 1 aliphatic rings. The van der Waals surface area contributed by atoms with Gasteiger partial charge in [0.15, 0.2) is 11.5 Å². The van der Waals surface area contributed by atoms with E-state index in [4.69, 9.17) is 9.47 Å². The SMILES string of the molecule is COC(=O)C(Br)CNCc1cccc2c1OCO2. The van der Waals surface area contributed by atoms with Crippen LogP contribution in [0.5, 0.6) is 11.5 Å². The van der Waals surface area contributed by atoms with Crippen molar-refractivity contribution in [3.05, 3.63) is 23.8 Å². The van der Waals surface area contributed by atoms with Crippen molar-refractivity contribution in [1.82, 2.24) is 5.32 Å². The van der Waals surface area contributed by atoms with Crippen LogP contribution in [0, 0.1) is 0 Å². The molecule has 1 unspecified atom stereocenters. The Labute approximate surface area is 114 Å². The molecule has 0 amide bonds. The summed E-state index contributed by atoms with van der Waals surface area (Å²) in [6.45, 7) is 1.35. The number of fused-ring (bicyclic) bond motifs is 1. The predicted molar refractivity (Wildman–Crippen MR) is 69.0 cm³/mol. The minimum absolute atomic E-state index is 0.260. The van der Waals surface area contributed by atoms with Crippen molar-refractivity contribution in [2.45, 2.75) is 11.4 Å². The lowest BCUT2D eigenvalue weighted by Gasteiger charge is -2.10. The molecule has 1 aromatic rings. The van der Waals surface area contributed by atoms with Gasteiger partial charge in [-0.2, -0.15) is 0 Å². The molecule has 5 nitrogen and oxygen atoms in total. The number of nitrogens with one attached hydrogen (secondary N) is 1. The number of esters is 1. The van der Waals surface area contributed by atoms with Gasteiger partial charge in [-0.15, -0.1) is 0 Å². The monoisotopic (exact) mass is 315 g/mol. The van der Waals surface area contributed by atoms with E-state index in [-0.39, 0.29) is 17.6 Å². The second kappa shape index (κ2) is 6.06. The maximum Gasteiger partial charge on any atom is 0.320 e. The summed E-state index contributed by atoms with van der Waals surface area (Å²) in [6, 6.07) is 5.74. The Balaban J connectivity index is 1.88. The van der Waals surface area contributed by atoms with Gasteiger partial charge >= 0.3 is 5.97 Å². The Hall–Kier alpha value is -1.27. The third-order valence-corrected chi connectivity index (χ3v) is 3.27. The highest BCUT2D eigenvalue weighted by molar-refractivity contribution is 9.10. The van der Waals surface area contributed by atoms with Crippen LogP contribution in [0.25, 0.3) is 0 Å². The van der Waals surface area contributed by atoms with E-state index < -0.39 is 0 Å². The largest absolute Gasteiger partial charge is 0.468 e. The number of halogens is 1. The van der Waals surface area contributed by atoms with Gasteiger partial charge in [0, 0.05) is 18.7 Å². The number of carbonyl (C=O) groups excluding carboxylic acids is 1. The van der Waals surface area contributed by atoms with Crippen molar-refractivity contribution in [3.8, 4) is 11.5 Å². The van der Waals surface area contributed by atoms with Crippen LogP contribution in [0.15, 0.2) is 18.2 Å². The van der Waals surface area contributed by atoms with Gasteiger partial charge in [0.25, 0.3) is 0 Å². The summed E-state index contributed by atoms with van der Waals surface area (Å²) in [7, 11) is 1.37. The minimum Gasteiger partial charge on any atom is -0.468 e. The van der Waals surface area contributed by atoms with Gasteiger partial charge in [-0.25, -0.2) is 0 Å². The molecule has 1 atom stereocenters. The van der Waals surface area contributed by atoms with Crippen LogP contribution in [0.1, 0.15) is 5.56 Å². The lowest BCUT2D eigenvalue weighted by Crippen LogP contribution is -2.29. The van der Waals surface area contributed by atoms with Crippen LogP contribution >= 0.6 is 15.9 Å². The average molecular weight is 316 g/mol. The molecule has 0 aromatic heterocycles. The minimum atomic E-state index is -0.351. The summed E-state index contributed by atoms with van der Waals surface area (Å²) < 4.78 is 15.3. The maximum absolute atomic E-state index is 11.2. The molecule has 0 aliphatic carbocycles. The summed E-state index contributed by atoms with van der Waals surface area (Å²) >= 11 is 3.25. The van der Waals surface area contributed by atoms with Crippen LogP contribution in [-0.4, -0.2) is 31.2 Å². The third kappa shape index (κ3) is 2.94. The topological polar surface area (TPSA) is 56.8 Å². The van der Waals surface area contributed by atoms with Gasteiger partial charge in [-0.05, 0) is 6.07 Å². The first-order valence-electron chi connectivity index (χ1n) is 5.52. The molecule has 98 valence electrons. The van der Waals surface area contributed by atoms with Gasteiger partial charge in [0.1, 0.15) is 4.83 Å². The van der Waals surface area contributed by atoms with Crippen molar-refractivity contribution in [3.63, 3.8) is 0 Å². The lowest BCUT2D eigenvalue weighted by molar-refractivity contribution is -0.139. The second-order valence-corrected chi connectivity index (χ2v) is 4.88. The Kier molecular flexibility index (Phi) is 4.43. The molecule has 1 aliphatic heterocycles. The highest BCUT2D eigenvalue weighted by Gasteiger charge is 2.18. The quantitative estimate of drug-likeness (QED) is 0.658. The lowest BCUT2D eigenvalue weighted by atomic mass is 10.2. The highest BCUT2D eigenvalue weighted by atomic mass is 79.9. The normalized spacial score (nSPS) is 14.3. The average Bonchev–Trinajstić information content (AvgIpc) is 2.86. The fourth-order valence-electron chi connectivity index (χ4n) is 1.67. The fraction of sp³-hybridized carbons (Fsp3) is 0.417. The number of hydrogen-bond donors (Lipinski definition) is 1. The van der Waals surface area contributed by atoms with Crippen LogP contribution in [0.2, 0.25) is 0 Å². The van der Waals surface area contributed by atoms with E-state index in [1.165, 1.54) is 7.11 Å². The second-order valence-electron chi connectivity index (χ2n) is 3.77. The van der Waals surface area contributed by atoms with E-state index in [9.17, 15) is 4.79 Å². The van der Waals surface area contributed by atoms with Crippen molar-refractivity contribution < 1.29 is 19.0 Å². The number of benzene rings is 1. The van der Waals surface area contributed by atoms with Gasteiger partial charge < -0.3 is 19.5 Å². The summed E-state index contributed by atoms with van der Waals surface area (Å²) in [5.74, 6) is 1.24. The number of rotatable bonds is 5. The van der Waals surface area contributed by atoms with E-state index in [2.05, 4.69) is 26.0 Å². The van der Waals surface area contributed by atoms with Crippen LogP contribution in [-0.2, 0) is 16.1 Å². The first-order valence-corrected chi connectivity index (χ1v) is 6.44. The molecular weight excluding hydrogens is 302 g/mol. The van der Waals surface area contributed by atoms with E-state index in [1.807, 2.05) is 18.2 Å². The predicted octanol–water partition coefficient (Wildman–Crippen LogP) is 1.44. The number of para-hydroxylation sites is 1. The van der Waals surface area contributed by atoms with E-state index in [0.29, 0.717) is 13.1 Å². The van der Waals surface area contributed by atoms with Crippen molar-refractivity contribution in [2.75, 3.05) is 20.4 Å². The highest BCUT2D eigenvalue weighted by Crippen LogP contribution is 2.35. The molecule has 0 spiro atoms. The molecule has 0 fully saturated rings. The maximum atomic E-state index is 11.2. The Morgan fingerprint density at radius 3 is 3.17 bits per heavy atom. The molecule has 0 saturated heterocycles. The fourth-order valence-corrected chi connectivity index (χ4v) is 2.09. The molecule has 6 heteroatoms. The summed E-state index contributed by atoms with van der Waals surface area (Å²) in [5.41, 5.74) is 1.01. The summed E-state index contributed by atoms with van der Waals surface area (Å²) in [4.78, 5) is 10.8. The molecule has 1 aromatic carbocycles. The molecule has 0 bridgehead atoms. The van der Waals surface area contributed by atoms with Gasteiger partial charge in [0.05, 0.1) is 7.11 Å². The molecular formula is C12H14BrNO4. The Bertz CT molecular complexity index is 438. The van der Waals surface area contributed by atoms with Gasteiger partial charge in [-0.1, -0.05) is 28.1 Å². The smallest absolute Gasteiger partial charge is 0.320 e. The van der Waals surface area contributed by atoms with Gasteiger partial charge in [-0.3, -0.25) is 4.79 Å². The standard InChI is InChI=1S/C12H14BrNO4/c1-16-12(15)9(13)6-14-5-8-3-2-4-10-11(8)18-7-17-10/h2-4,9,14H,5-7H2,1H3. The van der Waals surface area contributed by atoms with Crippen molar-refractivity contribution >= 4 is 21.9 Å². The van der Waals surface area contributed by atoms with Gasteiger partial charge in [0.2, 0.25) is 6.79 Å². The number of methoxy groups -OCH3 is 1. The third-order valence-electron chi connectivity index (χ3n) is 2.57. The number of carbonyl (C=O) groups is 1. The van der Waals surface area contributed by atoms with E-state index >= 15 is 0 Å². The van der Waals surface area contributed by atoms with Crippen LogP contribution < -0.4 is 14.8 Å². The van der Waals surface area contributed by atoms with E-state index in [1.54, 1.807) is 0 Å². The molecule has 0 saturated carbocycles. The summed E-state index contributed by atoms with van der Waals surface area (Å²) in [5, 5.41) is 3.16. The number of hydrogen-bond acceptors (Lipinski definition) is 5. The number of ether oxygens (including phenoxy) is 3. The van der Waals surface area contributed by atoms with Crippen molar-refractivity contribution in [1.29, 1.82) is 0 Å². The first-order chi connectivity index (χ1) is 8.72. The zero-order chi connectivity index (χ0) is 13.0. The Morgan fingerprint density at radius 2 is 2.39 bits per heavy atom.